The molecule has 1 saturated heterocycles. The molecule has 0 bridgehead atoms. The van der Waals surface area contributed by atoms with E-state index >= 15 is 0 Å². The molecule has 2 heterocycles. The van der Waals surface area contributed by atoms with Crippen LogP contribution in [-0.2, 0) is 4.79 Å². The number of carbonyl (C=O) groups is 1. The Hall–Kier alpha value is -2.08. The zero-order valence-electron chi connectivity index (χ0n) is 14.5. The lowest BCUT2D eigenvalue weighted by atomic mass is 9.95. The molecule has 1 N–H and O–H groups in total. The Kier molecular flexibility index (Phi) is 5.58. The number of benzene rings is 1. The maximum atomic E-state index is 12.6. The van der Waals surface area contributed by atoms with E-state index in [4.69, 9.17) is 4.74 Å². The number of pyridine rings is 1. The lowest BCUT2D eigenvalue weighted by Gasteiger charge is -2.33. The van der Waals surface area contributed by atoms with Gasteiger partial charge in [-0.3, -0.25) is 4.79 Å². The van der Waals surface area contributed by atoms with E-state index in [9.17, 15) is 4.79 Å². The molecular weight excluding hydrogens is 382 g/mol. The molecule has 1 aliphatic heterocycles. The van der Waals surface area contributed by atoms with Gasteiger partial charge in [-0.25, -0.2) is 4.98 Å². The topological polar surface area (TPSA) is 54.5 Å². The van der Waals surface area contributed by atoms with Gasteiger partial charge in [0.25, 0.3) is 0 Å². The number of piperidine rings is 1. The molecule has 6 heteroatoms. The number of halogens is 1. The van der Waals surface area contributed by atoms with Crippen molar-refractivity contribution in [2.75, 3.05) is 30.4 Å². The number of nitrogens with zero attached hydrogens (tertiary/aromatic N) is 2. The summed E-state index contributed by atoms with van der Waals surface area (Å²) in [7, 11) is 1.61. The first kappa shape index (κ1) is 17.7. The minimum atomic E-state index is 0.0110. The van der Waals surface area contributed by atoms with Crippen molar-refractivity contribution < 1.29 is 9.53 Å². The number of hydrogen-bond donors (Lipinski definition) is 1. The Labute approximate surface area is 156 Å². The van der Waals surface area contributed by atoms with Crippen molar-refractivity contribution in [3.8, 4) is 5.75 Å². The zero-order chi connectivity index (χ0) is 17.8. The summed E-state index contributed by atoms with van der Waals surface area (Å²) in [5, 5.41) is 3.00. The van der Waals surface area contributed by atoms with Crippen molar-refractivity contribution in [2.45, 2.75) is 19.8 Å². The van der Waals surface area contributed by atoms with Crippen molar-refractivity contribution in [1.82, 2.24) is 4.98 Å². The second-order valence-electron chi connectivity index (χ2n) is 6.24. The van der Waals surface area contributed by atoms with E-state index in [1.54, 1.807) is 7.11 Å². The SMILES string of the molecule is COc1ccccc1NC(=O)C1CCN(c2ncc(Br)cc2C)CC1. The van der Waals surface area contributed by atoms with Crippen molar-refractivity contribution in [2.24, 2.45) is 5.92 Å². The largest absolute Gasteiger partial charge is 0.495 e. The van der Waals surface area contributed by atoms with Crippen LogP contribution in [0.5, 0.6) is 5.75 Å². The molecule has 0 atom stereocenters. The fourth-order valence-corrected chi connectivity index (χ4v) is 3.65. The molecule has 25 heavy (non-hydrogen) atoms. The highest BCUT2D eigenvalue weighted by atomic mass is 79.9. The Morgan fingerprint density at radius 2 is 2.04 bits per heavy atom. The van der Waals surface area contributed by atoms with Crippen LogP contribution < -0.4 is 15.0 Å². The standard InChI is InChI=1S/C19H22BrN3O2/c1-13-11-15(20)12-21-18(13)23-9-7-14(8-10-23)19(24)22-16-5-3-4-6-17(16)25-2/h3-6,11-12,14H,7-10H2,1-2H3,(H,22,24). The third-order valence-electron chi connectivity index (χ3n) is 4.55. The minimum Gasteiger partial charge on any atom is -0.495 e. The summed E-state index contributed by atoms with van der Waals surface area (Å²) < 4.78 is 6.28. The van der Waals surface area contributed by atoms with Gasteiger partial charge in [-0.2, -0.15) is 0 Å². The lowest BCUT2D eigenvalue weighted by molar-refractivity contribution is -0.120. The van der Waals surface area contributed by atoms with Gasteiger partial charge in [-0.15, -0.1) is 0 Å². The Balaban J connectivity index is 1.61. The molecule has 0 radical (unpaired) electrons. The van der Waals surface area contributed by atoms with Crippen LogP contribution in [0.2, 0.25) is 0 Å². The molecule has 0 aliphatic carbocycles. The average Bonchev–Trinajstić information content (AvgIpc) is 2.62. The van der Waals surface area contributed by atoms with E-state index in [0.29, 0.717) is 5.75 Å². The maximum absolute atomic E-state index is 12.6. The summed E-state index contributed by atoms with van der Waals surface area (Å²) in [5.74, 6) is 1.76. The van der Waals surface area contributed by atoms with Crippen LogP contribution in [0.25, 0.3) is 0 Å². The van der Waals surface area contributed by atoms with E-state index in [-0.39, 0.29) is 11.8 Å². The summed E-state index contributed by atoms with van der Waals surface area (Å²) in [5.41, 5.74) is 1.87. The predicted molar refractivity (Wildman–Crippen MR) is 103 cm³/mol. The first-order chi connectivity index (χ1) is 12.1. The summed E-state index contributed by atoms with van der Waals surface area (Å²) in [6.07, 6.45) is 3.46. The summed E-state index contributed by atoms with van der Waals surface area (Å²) in [6.45, 7) is 3.73. The monoisotopic (exact) mass is 403 g/mol. The third-order valence-corrected chi connectivity index (χ3v) is 4.98. The number of aromatic nitrogens is 1. The molecule has 1 aromatic heterocycles. The first-order valence-electron chi connectivity index (χ1n) is 8.39. The van der Waals surface area contributed by atoms with Crippen LogP contribution in [-0.4, -0.2) is 31.1 Å². The quantitative estimate of drug-likeness (QED) is 0.837. The van der Waals surface area contributed by atoms with Gasteiger partial charge in [-0.05, 0) is 59.5 Å². The van der Waals surface area contributed by atoms with Crippen LogP contribution in [0, 0.1) is 12.8 Å². The third kappa shape index (κ3) is 4.12. The highest BCUT2D eigenvalue weighted by Crippen LogP contribution is 2.28. The molecular formula is C19H22BrN3O2. The first-order valence-corrected chi connectivity index (χ1v) is 9.18. The molecule has 2 aromatic rings. The molecule has 0 spiro atoms. The lowest BCUT2D eigenvalue weighted by Crippen LogP contribution is -2.38. The van der Waals surface area contributed by atoms with Crippen LogP contribution >= 0.6 is 15.9 Å². The highest BCUT2D eigenvalue weighted by molar-refractivity contribution is 9.10. The summed E-state index contributed by atoms with van der Waals surface area (Å²) >= 11 is 3.45. The molecule has 1 aliphatic rings. The molecule has 132 valence electrons. The molecule has 0 saturated carbocycles. The van der Waals surface area contributed by atoms with E-state index in [1.165, 1.54) is 0 Å². The van der Waals surface area contributed by atoms with Gasteiger partial charge >= 0.3 is 0 Å². The second kappa shape index (κ2) is 7.87. The number of hydrogen-bond acceptors (Lipinski definition) is 4. The number of ether oxygens (including phenoxy) is 1. The molecule has 1 fully saturated rings. The van der Waals surface area contributed by atoms with Gasteiger partial charge in [0.15, 0.2) is 0 Å². The van der Waals surface area contributed by atoms with Crippen LogP contribution in [0.15, 0.2) is 41.0 Å². The highest BCUT2D eigenvalue weighted by Gasteiger charge is 2.26. The number of carbonyl (C=O) groups excluding carboxylic acids is 1. The molecule has 3 rings (SSSR count). The molecule has 0 unspecified atom stereocenters. The van der Waals surface area contributed by atoms with E-state index in [1.807, 2.05) is 30.5 Å². The maximum Gasteiger partial charge on any atom is 0.227 e. The van der Waals surface area contributed by atoms with E-state index < -0.39 is 0 Å². The molecule has 1 aromatic carbocycles. The van der Waals surface area contributed by atoms with Gasteiger partial charge in [0.1, 0.15) is 11.6 Å². The van der Waals surface area contributed by atoms with Crippen molar-refractivity contribution in [3.05, 3.63) is 46.6 Å². The summed E-state index contributed by atoms with van der Waals surface area (Å²) in [6, 6.07) is 9.56. The smallest absolute Gasteiger partial charge is 0.227 e. The molecule has 1 amide bonds. The van der Waals surface area contributed by atoms with Gasteiger partial charge in [0, 0.05) is 29.7 Å². The van der Waals surface area contributed by atoms with Crippen LogP contribution in [0.4, 0.5) is 11.5 Å². The molecule has 5 nitrogen and oxygen atoms in total. The number of amides is 1. The zero-order valence-corrected chi connectivity index (χ0v) is 16.0. The summed E-state index contributed by atoms with van der Waals surface area (Å²) in [4.78, 5) is 19.4. The van der Waals surface area contributed by atoms with Gasteiger partial charge in [0.2, 0.25) is 5.91 Å². The number of methoxy groups -OCH3 is 1. The predicted octanol–water partition coefficient (Wildman–Crippen LogP) is 4.02. The minimum absolute atomic E-state index is 0.0110. The van der Waals surface area contributed by atoms with Gasteiger partial charge in [-0.1, -0.05) is 12.1 Å². The fourth-order valence-electron chi connectivity index (χ4n) is 3.20. The van der Waals surface area contributed by atoms with Gasteiger partial charge in [0.05, 0.1) is 12.8 Å². The Bertz CT molecular complexity index is 758. The van der Waals surface area contributed by atoms with Crippen LogP contribution in [0.1, 0.15) is 18.4 Å². The van der Waals surface area contributed by atoms with Crippen molar-refractivity contribution >= 4 is 33.3 Å². The number of para-hydroxylation sites is 2. The van der Waals surface area contributed by atoms with Crippen molar-refractivity contribution in [1.29, 1.82) is 0 Å². The number of aryl methyl sites for hydroxylation is 1. The van der Waals surface area contributed by atoms with Crippen molar-refractivity contribution in [3.63, 3.8) is 0 Å². The number of anilines is 2. The van der Waals surface area contributed by atoms with Crippen LogP contribution in [0.3, 0.4) is 0 Å². The average molecular weight is 404 g/mol. The van der Waals surface area contributed by atoms with E-state index in [0.717, 1.165) is 47.5 Å². The van der Waals surface area contributed by atoms with E-state index in [2.05, 4.69) is 44.1 Å². The number of rotatable bonds is 4. The van der Waals surface area contributed by atoms with Gasteiger partial charge < -0.3 is 15.0 Å². The Morgan fingerprint density at radius 3 is 2.72 bits per heavy atom. The fraction of sp³-hybridized carbons (Fsp3) is 0.368. The normalized spacial score (nSPS) is 15.1. The second-order valence-corrected chi connectivity index (χ2v) is 7.16. The Morgan fingerprint density at radius 1 is 1.32 bits per heavy atom. The number of nitrogens with one attached hydrogen (secondary N) is 1.